The van der Waals surface area contributed by atoms with E-state index in [2.05, 4.69) is 5.32 Å². The molecule has 1 aromatic carbocycles. The zero-order chi connectivity index (χ0) is 15.9. The van der Waals surface area contributed by atoms with E-state index in [0.29, 0.717) is 18.8 Å². The first-order valence-corrected chi connectivity index (χ1v) is 7.87. The third-order valence-corrected chi connectivity index (χ3v) is 4.66. The van der Waals surface area contributed by atoms with Gasteiger partial charge in [0.05, 0.1) is 17.9 Å². The van der Waals surface area contributed by atoms with Crippen LogP contribution in [0.15, 0.2) is 29.2 Å². The van der Waals surface area contributed by atoms with Gasteiger partial charge in [-0.15, -0.1) is 0 Å². The zero-order valence-electron chi connectivity index (χ0n) is 12.1. The van der Waals surface area contributed by atoms with Gasteiger partial charge in [-0.3, -0.25) is 4.79 Å². The molecule has 0 spiro atoms. The minimum absolute atomic E-state index is 0.0451. The lowest BCUT2D eigenvalue weighted by Gasteiger charge is -2.17. The van der Waals surface area contributed by atoms with Gasteiger partial charge in [-0.2, -0.15) is 4.31 Å². The third-order valence-electron chi connectivity index (χ3n) is 2.79. The Morgan fingerprint density at radius 3 is 2.48 bits per heavy atom. The Balaban J connectivity index is 2.70. The number of carbonyl (C=O) groups is 1. The summed E-state index contributed by atoms with van der Waals surface area (Å²) in [6.45, 7) is 0.977. The maximum absolute atomic E-state index is 12.2. The Hall–Kier alpha value is -1.64. The number of benzene rings is 1. The molecule has 8 heteroatoms. The Labute approximate surface area is 124 Å². The fourth-order valence-corrected chi connectivity index (χ4v) is 2.70. The lowest BCUT2D eigenvalue weighted by atomic mass is 10.3. The van der Waals surface area contributed by atoms with E-state index in [0.717, 1.165) is 0 Å². The van der Waals surface area contributed by atoms with Gasteiger partial charge in [0.2, 0.25) is 10.0 Å². The van der Waals surface area contributed by atoms with Crippen molar-refractivity contribution in [3.8, 4) is 5.75 Å². The number of likely N-dealkylation sites (N-methyl/N-ethyl adjacent to an activating group) is 2. The number of rotatable bonds is 9. The molecule has 7 nitrogen and oxygen atoms in total. The third kappa shape index (κ3) is 5.33. The van der Waals surface area contributed by atoms with Crippen LogP contribution in [0.2, 0.25) is 0 Å². The number of nitrogens with zero attached hydrogens (tertiary/aromatic N) is 1. The molecule has 0 unspecified atom stereocenters. The highest BCUT2D eigenvalue weighted by Gasteiger charge is 2.19. The Kier molecular flexibility index (Phi) is 6.60. The number of carboxylic acid groups (broad SMARTS) is 1. The molecule has 0 amide bonds. The Morgan fingerprint density at radius 2 is 1.95 bits per heavy atom. The van der Waals surface area contributed by atoms with E-state index in [1.54, 1.807) is 7.05 Å². The summed E-state index contributed by atoms with van der Waals surface area (Å²) in [6.07, 6.45) is -0.104. The molecule has 0 fully saturated rings. The summed E-state index contributed by atoms with van der Waals surface area (Å²) in [5, 5.41) is 11.4. The summed E-state index contributed by atoms with van der Waals surface area (Å²) < 4.78 is 30.9. The van der Waals surface area contributed by atoms with E-state index in [1.807, 2.05) is 0 Å². The predicted molar refractivity (Wildman–Crippen MR) is 77.9 cm³/mol. The molecule has 1 aromatic rings. The van der Waals surface area contributed by atoms with Crippen LogP contribution in [0.1, 0.15) is 6.42 Å². The first kappa shape index (κ1) is 17.4. The number of carboxylic acids is 1. The van der Waals surface area contributed by atoms with Crippen LogP contribution >= 0.6 is 0 Å². The zero-order valence-corrected chi connectivity index (χ0v) is 12.9. The molecule has 0 radical (unpaired) electrons. The van der Waals surface area contributed by atoms with Crippen molar-refractivity contribution in [2.75, 3.05) is 33.8 Å². The summed E-state index contributed by atoms with van der Waals surface area (Å²) >= 11 is 0. The Morgan fingerprint density at radius 1 is 1.33 bits per heavy atom. The molecule has 0 aliphatic carbocycles. The van der Waals surface area contributed by atoms with E-state index < -0.39 is 16.0 Å². The van der Waals surface area contributed by atoms with Crippen LogP contribution < -0.4 is 10.1 Å². The smallest absolute Gasteiger partial charge is 0.306 e. The lowest BCUT2D eigenvalue weighted by molar-refractivity contribution is -0.137. The fraction of sp³-hybridized carbons (Fsp3) is 0.462. The lowest BCUT2D eigenvalue weighted by Crippen LogP contribution is -2.32. The summed E-state index contributed by atoms with van der Waals surface area (Å²) in [7, 11) is -0.247. The van der Waals surface area contributed by atoms with Gasteiger partial charge in [0.15, 0.2) is 0 Å². The second-order valence-corrected chi connectivity index (χ2v) is 6.44. The van der Waals surface area contributed by atoms with Gasteiger partial charge < -0.3 is 15.2 Å². The summed E-state index contributed by atoms with van der Waals surface area (Å²) in [5.41, 5.74) is 0. The highest BCUT2D eigenvalue weighted by molar-refractivity contribution is 7.89. The standard InChI is InChI=1S/C13H20N2O5S/c1-14-8-9-15(2)21(18,19)12-5-3-11(4-6-12)20-10-7-13(16)17/h3-6,14H,7-10H2,1-2H3,(H,16,17). The molecule has 0 aliphatic rings. The van der Waals surface area contributed by atoms with Crippen LogP contribution in [0.4, 0.5) is 0 Å². The van der Waals surface area contributed by atoms with Crippen molar-refractivity contribution >= 4 is 16.0 Å². The number of nitrogens with one attached hydrogen (secondary N) is 1. The van der Waals surface area contributed by atoms with Crippen molar-refractivity contribution in [3.05, 3.63) is 24.3 Å². The molecule has 0 atom stereocenters. The second kappa shape index (κ2) is 7.96. The quantitative estimate of drug-likeness (QED) is 0.684. The van der Waals surface area contributed by atoms with Crippen LogP contribution in [0.3, 0.4) is 0 Å². The summed E-state index contributed by atoms with van der Waals surface area (Å²) in [5.74, 6) is -0.506. The van der Waals surface area contributed by atoms with Crippen molar-refractivity contribution in [2.45, 2.75) is 11.3 Å². The van der Waals surface area contributed by atoms with Crippen LogP contribution in [-0.2, 0) is 14.8 Å². The maximum atomic E-state index is 12.2. The van der Waals surface area contributed by atoms with E-state index in [1.165, 1.54) is 35.6 Å². The van der Waals surface area contributed by atoms with Gasteiger partial charge in [0.25, 0.3) is 0 Å². The van der Waals surface area contributed by atoms with Gasteiger partial charge in [-0.25, -0.2) is 8.42 Å². The largest absolute Gasteiger partial charge is 0.493 e. The molecule has 0 heterocycles. The van der Waals surface area contributed by atoms with Crippen LogP contribution in [-0.4, -0.2) is 57.6 Å². The van der Waals surface area contributed by atoms with Crippen LogP contribution in [0, 0.1) is 0 Å². The van der Waals surface area contributed by atoms with Crippen molar-refractivity contribution in [2.24, 2.45) is 0 Å². The number of aliphatic carboxylic acids is 1. The SMILES string of the molecule is CNCCN(C)S(=O)(=O)c1ccc(OCCC(=O)O)cc1. The molecule has 0 aliphatic heterocycles. The number of hydrogen-bond acceptors (Lipinski definition) is 5. The number of hydrogen-bond donors (Lipinski definition) is 2. The first-order valence-electron chi connectivity index (χ1n) is 6.43. The van der Waals surface area contributed by atoms with E-state index in [4.69, 9.17) is 9.84 Å². The molecule has 0 aromatic heterocycles. The van der Waals surface area contributed by atoms with E-state index in [-0.39, 0.29) is 17.9 Å². The monoisotopic (exact) mass is 316 g/mol. The normalized spacial score (nSPS) is 11.6. The molecular weight excluding hydrogens is 296 g/mol. The molecule has 0 saturated carbocycles. The molecule has 0 saturated heterocycles. The summed E-state index contributed by atoms with van der Waals surface area (Å²) in [6, 6.07) is 5.92. The van der Waals surface area contributed by atoms with Gasteiger partial charge in [0.1, 0.15) is 5.75 Å². The topological polar surface area (TPSA) is 95.9 Å². The van der Waals surface area contributed by atoms with Gasteiger partial charge in [-0.05, 0) is 31.3 Å². The highest BCUT2D eigenvalue weighted by atomic mass is 32.2. The second-order valence-electron chi connectivity index (χ2n) is 4.39. The highest BCUT2D eigenvalue weighted by Crippen LogP contribution is 2.18. The molecule has 0 bridgehead atoms. The van der Waals surface area contributed by atoms with E-state index in [9.17, 15) is 13.2 Å². The minimum Gasteiger partial charge on any atom is -0.493 e. The van der Waals surface area contributed by atoms with Crippen molar-refractivity contribution < 1.29 is 23.1 Å². The van der Waals surface area contributed by atoms with Crippen molar-refractivity contribution in [3.63, 3.8) is 0 Å². The average molecular weight is 316 g/mol. The van der Waals surface area contributed by atoms with Crippen molar-refractivity contribution in [1.29, 1.82) is 0 Å². The van der Waals surface area contributed by atoms with E-state index >= 15 is 0 Å². The first-order chi connectivity index (χ1) is 9.87. The predicted octanol–water partition coefficient (Wildman–Crippen LogP) is 0.380. The minimum atomic E-state index is -3.52. The summed E-state index contributed by atoms with van der Waals surface area (Å²) in [4.78, 5) is 10.5. The van der Waals surface area contributed by atoms with Crippen molar-refractivity contribution in [1.82, 2.24) is 9.62 Å². The van der Waals surface area contributed by atoms with Gasteiger partial charge in [-0.1, -0.05) is 0 Å². The molecule has 118 valence electrons. The fourth-order valence-electron chi connectivity index (χ4n) is 1.53. The average Bonchev–Trinajstić information content (AvgIpc) is 2.44. The van der Waals surface area contributed by atoms with Gasteiger partial charge in [0, 0.05) is 20.1 Å². The maximum Gasteiger partial charge on any atom is 0.306 e. The molecule has 1 rings (SSSR count). The Bertz CT molecular complexity index is 556. The number of ether oxygens (including phenoxy) is 1. The molecule has 21 heavy (non-hydrogen) atoms. The molecular formula is C13H20N2O5S. The van der Waals surface area contributed by atoms with Gasteiger partial charge >= 0.3 is 5.97 Å². The number of sulfonamides is 1. The van der Waals surface area contributed by atoms with Crippen LogP contribution in [0.5, 0.6) is 5.75 Å². The molecule has 2 N–H and O–H groups in total. The van der Waals surface area contributed by atoms with Crippen LogP contribution in [0.25, 0.3) is 0 Å².